The maximum Gasteiger partial charge on any atom is 0.482 e. The molecule has 26 heteroatoms. The van der Waals surface area contributed by atoms with Crippen molar-refractivity contribution in [2.24, 2.45) is 0 Å². The summed E-state index contributed by atoms with van der Waals surface area (Å²) in [5.41, 5.74) is 6.12. The number of alkyl halides is 1. The van der Waals surface area contributed by atoms with Crippen LogP contribution in [-0.4, -0.2) is 120 Å². The number of aliphatic hydroxyl groups excluding tert-OH is 2. The molecule has 0 aromatic carbocycles. The second-order valence-electron chi connectivity index (χ2n) is 10.2. The van der Waals surface area contributed by atoms with Gasteiger partial charge in [-0.05, 0) is 0 Å². The van der Waals surface area contributed by atoms with Crippen LogP contribution in [0.15, 0.2) is 6.33 Å². The lowest BCUT2D eigenvalue weighted by Gasteiger charge is -2.43. The zero-order valence-corrected chi connectivity index (χ0v) is 27.8. The Hall–Kier alpha value is -2.89. The van der Waals surface area contributed by atoms with Crippen LogP contribution in [0, 0.1) is 0 Å². The van der Waals surface area contributed by atoms with Gasteiger partial charge < -0.3 is 44.5 Å². The number of phosphoric ester groups is 1. The van der Waals surface area contributed by atoms with Crippen molar-refractivity contribution in [2.45, 2.75) is 82.5 Å². The second-order valence-corrected chi connectivity index (χ2v) is 14.7. The zero-order valence-electron chi connectivity index (χ0n) is 25.1. The van der Waals surface area contributed by atoms with Gasteiger partial charge in [-0.1, -0.05) is 17.5 Å². The van der Waals surface area contributed by atoms with Gasteiger partial charge in [0, 0.05) is 27.2 Å². The molecule has 0 saturated carbocycles. The molecule has 4 heterocycles. The largest absolute Gasteiger partial charge is 0.482 e. The van der Waals surface area contributed by atoms with Gasteiger partial charge in [0.2, 0.25) is 6.29 Å². The minimum atomic E-state index is -5.65. The van der Waals surface area contributed by atoms with Gasteiger partial charge in [-0.3, -0.25) is 23.4 Å². The summed E-state index contributed by atoms with van der Waals surface area (Å²) >= 11 is 3.65. The van der Waals surface area contributed by atoms with Crippen LogP contribution in [0.4, 0.5) is 10.2 Å². The molecule has 2 fully saturated rings. The molecule has 11 atom stereocenters. The summed E-state index contributed by atoms with van der Waals surface area (Å²) in [6.45, 7) is -3.84. The number of esters is 3. The fourth-order valence-corrected chi connectivity index (χ4v) is 7.81. The Balaban J connectivity index is 1.45. The normalized spacial score (nSPS) is 30.6. The van der Waals surface area contributed by atoms with Gasteiger partial charge in [0.15, 0.2) is 41.6 Å². The van der Waals surface area contributed by atoms with Crippen molar-refractivity contribution < 1.29 is 80.1 Å². The fraction of sp³-hybridized carbons (Fsp3) is 0.682. The van der Waals surface area contributed by atoms with Gasteiger partial charge in [0.05, 0.1) is 12.7 Å². The van der Waals surface area contributed by atoms with Gasteiger partial charge >= 0.3 is 32.5 Å². The lowest BCUT2D eigenvalue weighted by molar-refractivity contribution is -0.293. The monoisotopic (exact) mass is 748 g/mol. The molecule has 7 unspecified atom stereocenters. The number of aromatic nitrogens is 5. The Labute approximate surface area is 274 Å². The molecule has 2 aliphatic rings. The molecule has 22 nitrogen and oxygen atoms in total. The van der Waals surface area contributed by atoms with Crippen LogP contribution in [0.5, 0.6) is 0 Å². The number of nitrogens with zero attached hydrogens (tertiary/aromatic N) is 5. The maximum atomic E-state index is 15.0. The Bertz CT molecular complexity index is 1610. The van der Waals surface area contributed by atoms with E-state index < -0.39 is 101 Å². The summed E-state index contributed by atoms with van der Waals surface area (Å²) < 4.78 is 82.2. The van der Waals surface area contributed by atoms with Crippen molar-refractivity contribution >= 4 is 61.8 Å². The van der Waals surface area contributed by atoms with Gasteiger partial charge in [-0.2, -0.15) is 8.99 Å². The van der Waals surface area contributed by atoms with Crippen LogP contribution in [0.2, 0.25) is 0 Å². The van der Waals surface area contributed by atoms with E-state index in [1.165, 1.54) is 4.68 Å². The SMILES string of the molecule is CC(=O)OC[C@H](F)C1OC(OP(=O)(O)OP(=O)(S)OC[C@H]2O[C@@H](n3nnc4c(N)ncnc43)C[C@@H]2O)C(OC(C)=O)C(OC(C)=O)C1O. The molecule has 0 spiro atoms. The van der Waals surface area contributed by atoms with Crippen LogP contribution >= 0.6 is 26.9 Å². The first-order chi connectivity index (χ1) is 22.4. The minimum Gasteiger partial charge on any atom is -0.463 e. The van der Waals surface area contributed by atoms with Crippen LogP contribution < -0.4 is 5.73 Å². The number of phosphoric acid groups is 1. The van der Waals surface area contributed by atoms with Crippen LogP contribution in [0.1, 0.15) is 33.4 Å². The van der Waals surface area contributed by atoms with Crippen LogP contribution in [0.3, 0.4) is 0 Å². The molecule has 0 bridgehead atoms. The summed E-state index contributed by atoms with van der Waals surface area (Å²) in [5, 5.41) is 29.0. The van der Waals surface area contributed by atoms with E-state index in [9.17, 15) is 38.6 Å². The number of nitrogens with two attached hydrogens (primary N) is 1. The molecule has 268 valence electrons. The number of halogens is 1. The topological polar surface area (TPSA) is 302 Å². The number of carbonyl (C=O) groups is 3. The smallest absolute Gasteiger partial charge is 0.463 e. The molecule has 5 N–H and O–H groups in total. The number of hydrogen-bond donors (Lipinski definition) is 5. The standard InChI is InChI=1S/C22H31FN6O16P2S/c1-8(30)38-5-11(23)17-16(34)18(40-9(2)31)19(41-10(3)32)22(43-17)44-46(35,36)45-47(37,48)39-6-13-12(33)4-14(42-13)29-21-15(27-28-29)20(24)25-7-26-21/h7,11-14,16-19,22,33-34H,4-6H2,1-3H3,(H,35,36)(H,37,48)(H2,24,25,26)/t11-,12-,13+,14+,16?,17?,18?,19?,22?,47?/m0/s1. The van der Waals surface area contributed by atoms with Crippen molar-refractivity contribution in [1.29, 1.82) is 0 Å². The predicted molar refractivity (Wildman–Crippen MR) is 154 cm³/mol. The molecule has 4 rings (SSSR count). The minimum absolute atomic E-state index is 0.0476. The number of ether oxygens (including phenoxy) is 5. The second kappa shape index (κ2) is 15.3. The van der Waals surface area contributed by atoms with E-state index in [0.717, 1.165) is 27.1 Å². The highest BCUT2D eigenvalue weighted by molar-refractivity contribution is 8.45. The highest BCUT2D eigenvalue weighted by Gasteiger charge is 2.55. The Kier molecular flexibility index (Phi) is 12.1. The molecule has 0 radical (unpaired) electrons. The fourth-order valence-electron chi connectivity index (χ4n) is 4.63. The number of anilines is 1. The van der Waals surface area contributed by atoms with E-state index in [-0.39, 0.29) is 23.4 Å². The van der Waals surface area contributed by atoms with Crippen molar-refractivity contribution in [2.75, 3.05) is 18.9 Å². The highest BCUT2D eigenvalue weighted by atomic mass is 32.7. The first-order valence-electron chi connectivity index (χ1n) is 13.7. The number of hydrogen-bond acceptors (Lipinski definition) is 20. The van der Waals surface area contributed by atoms with Gasteiger partial charge in [0.25, 0.3) is 0 Å². The molecular weight excluding hydrogens is 717 g/mol. The number of fused-ring (bicyclic) bond motifs is 1. The van der Waals surface area contributed by atoms with E-state index in [2.05, 4.69) is 41.6 Å². The number of carbonyl (C=O) groups excluding carboxylic acids is 3. The summed E-state index contributed by atoms with van der Waals surface area (Å²) in [5.74, 6) is -3.00. The van der Waals surface area contributed by atoms with E-state index in [1.807, 2.05) is 0 Å². The van der Waals surface area contributed by atoms with Crippen LogP contribution in [0.25, 0.3) is 11.2 Å². The summed E-state index contributed by atoms with van der Waals surface area (Å²) in [6.07, 6.45) is -15.1. The molecule has 2 aromatic rings. The third kappa shape index (κ3) is 9.41. The van der Waals surface area contributed by atoms with Gasteiger partial charge in [-0.25, -0.2) is 23.5 Å². The van der Waals surface area contributed by atoms with E-state index in [0.29, 0.717) is 0 Å². The molecular formula is C22H31FN6O16P2S. The third-order valence-corrected chi connectivity index (χ3v) is 10.2. The molecule has 2 saturated heterocycles. The molecule has 2 aliphatic heterocycles. The molecule has 0 amide bonds. The highest BCUT2D eigenvalue weighted by Crippen LogP contribution is 2.66. The molecule has 0 aliphatic carbocycles. The van der Waals surface area contributed by atoms with Crippen molar-refractivity contribution in [3.8, 4) is 0 Å². The van der Waals surface area contributed by atoms with Gasteiger partial charge in [0.1, 0.15) is 31.2 Å². The lowest BCUT2D eigenvalue weighted by atomic mass is 9.95. The average Bonchev–Trinajstić information content (AvgIpc) is 3.56. The number of rotatable bonds is 13. The Morgan fingerprint density at radius 1 is 1.12 bits per heavy atom. The number of aliphatic hydroxyl groups is 2. The Morgan fingerprint density at radius 3 is 2.44 bits per heavy atom. The van der Waals surface area contributed by atoms with Crippen LogP contribution in [-0.2, 0) is 60.6 Å². The van der Waals surface area contributed by atoms with Crippen molar-refractivity contribution in [3.05, 3.63) is 6.33 Å². The summed E-state index contributed by atoms with van der Waals surface area (Å²) in [6, 6.07) is 0. The third-order valence-electron chi connectivity index (χ3n) is 6.57. The van der Waals surface area contributed by atoms with E-state index in [1.54, 1.807) is 0 Å². The van der Waals surface area contributed by atoms with E-state index in [4.69, 9.17) is 33.7 Å². The molecule has 2 aromatic heterocycles. The van der Waals surface area contributed by atoms with E-state index >= 15 is 4.39 Å². The quantitative estimate of drug-likeness (QED) is 0.0745. The number of thiol groups is 1. The number of nitrogen functional groups attached to an aromatic ring is 1. The summed E-state index contributed by atoms with van der Waals surface area (Å²) in [4.78, 5) is 53.0. The van der Waals surface area contributed by atoms with Crippen molar-refractivity contribution in [1.82, 2.24) is 25.0 Å². The predicted octanol–water partition coefficient (Wildman–Crippen LogP) is -0.510. The first kappa shape index (κ1) is 37.9. The lowest BCUT2D eigenvalue weighted by Crippen LogP contribution is -2.63. The average molecular weight is 749 g/mol. The zero-order chi connectivity index (χ0) is 35.6. The molecule has 48 heavy (non-hydrogen) atoms. The van der Waals surface area contributed by atoms with Crippen molar-refractivity contribution in [3.63, 3.8) is 0 Å². The first-order valence-corrected chi connectivity index (χ1v) is 17.9. The maximum absolute atomic E-state index is 15.0. The summed E-state index contributed by atoms with van der Waals surface area (Å²) in [7, 11) is -5.65. The van der Waals surface area contributed by atoms with Gasteiger partial charge in [-0.15, -0.1) is 5.10 Å². The Morgan fingerprint density at radius 2 is 1.79 bits per heavy atom.